The molecule has 5 heteroatoms. The number of aryl methyl sites for hydroxylation is 1. The molecule has 1 aromatic heterocycles. The van der Waals surface area contributed by atoms with Crippen molar-refractivity contribution in [2.24, 2.45) is 12.8 Å². The maximum atomic E-state index is 9.04. The van der Waals surface area contributed by atoms with Crippen LogP contribution in [0.2, 0.25) is 0 Å². The fourth-order valence-electron chi connectivity index (χ4n) is 2.64. The van der Waals surface area contributed by atoms with E-state index in [1.54, 1.807) is 0 Å². The van der Waals surface area contributed by atoms with Gasteiger partial charge >= 0.3 is 0 Å². The summed E-state index contributed by atoms with van der Waals surface area (Å²) in [4.78, 5) is 2.46. The Balaban J connectivity index is 2.09. The van der Waals surface area contributed by atoms with Crippen molar-refractivity contribution in [3.63, 3.8) is 0 Å². The van der Waals surface area contributed by atoms with E-state index in [0.29, 0.717) is 12.6 Å². The quantitative estimate of drug-likeness (QED) is 0.748. The molecule has 1 heterocycles. The Morgan fingerprint density at radius 2 is 2.39 bits per heavy atom. The molecule has 0 spiro atoms. The summed E-state index contributed by atoms with van der Waals surface area (Å²) in [6, 6.07) is 0.862. The number of aliphatic hydroxyl groups is 1. The van der Waals surface area contributed by atoms with E-state index in [2.05, 4.69) is 10.00 Å². The zero-order valence-corrected chi connectivity index (χ0v) is 11.1. The van der Waals surface area contributed by atoms with Crippen LogP contribution in [0.3, 0.4) is 0 Å². The minimum Gasteiger partial charge on any atom is -0.396 e. The van der Waals surface area contributed by atoms with Crippen molar-refractivity contribution in [1.29, 1.82) is 0 Å². The molecule has 1 unspecified atom stereocenters. The predicted molar refractivity (Wildman–Crippen MR) is 71.1 cm³/mol. The van der Waals surface area contributed by atoms with Gasteiger partial charge < -0.3 is 10.8 Å². The zero-order valence-electron chi connectivity index (χ0n) is 11.1. The average molecular weight is 252 g/mol. The summed E-state index contributed by atoms with van der Waals surface area (Å²) in [7, 11) is 1.93. The largest absolute Gasteiger partial charge is 0.396 e. The number of hydrogen-bond acceptors (Lipinski definition) is 4. The second-order valence-electron chi connectivity index (χ2n) is 5.10. The first kappa shape index (κ1) is 13.5. The predicted octanol–water partition coefficient (Wildman–Crippen LogP) is 0.657. The van der Waals surface area contributed by atoms with E-state index >= 15 is 0 Å². The van der Waals surface area contributed by atoms with Crippen molar-refractivity contribution >= 4 is 0 Å². The SMILES string of the molecule is Cn1cc(C(CN)N(CCCO)C2CCC2)cn1. The summed E-state index contributed by atoms with van der Waals surface area (Å²) >= 11 is 0. The first-order valence-corrected chi connectivity index (χ1v) is 6.81. The van der Waals surface area contributed by atoms with E-state index in [9.17, 15) is 0 Å². The molecule has 2 rings (SSSR count). The van der Waals surface area contributed by atoms with Gasteiger partial charge in [-0.1, -0.05) is 6.42 Å². The molecule has 0 aromatic carbocycles. The summed E-state index contributed by atoms with van der Waals surface area (Å²) < 4.78 is 1.82. The second kappa shape index (κ2) is 6.31. The molecule has 5 nitrogen and oxygen atoms in total. The van der Waals surface area contributed by atoms with Crippen LogP contribution in [0, 0.1) is 0 Å². The number of hydrogen-bond donors (Lipinski definition) is 2. The van der Waals surface area contributed by atoms with Crippen molar-refractivity contribution in [1.82, 2.24) is 14.7 Å². The molecule has 102 valence electrons. The van der Waals surface area contributed by atoms with Crippen LogP contribution >= 0.6 is 0 Å². The Kier molecular flexibility index (Phi) is 4.74. The Hall–Kier alpha value is -0.910. The van der Waals surface area contributed by atoms with Crippen molar-refractivity contribution in [2.45, 2.75) is 37.8 Å². The monoisotopic (exact) mass is 252 g/mol. The first-order valence-electron chi connectivity index (χ1n) is 6.81. The van der Waals surface area contributed by atoms with E-state index in [1.807, 2.05) is 24.1 Å². The van der Waals surface area contributed by atoms with Gasteiger partial charge in [0.2, 0.25) is 0 Å². The molecule has 1 aromatic rings. The third kappa shape index (κ3) is 2.91. The highest BCUT2D eigenvalue weighted by molar-refractivity contribution is 5.12. The van der Waals surface area contributed by atoms with E-state index in [4.69, 9.17) is 10.8 Å². The van der Waals surface area contributed by atoms with Gasteiger partial charge in [0.25, 0.3) is 0 Å². The molecule has 0 saturated heterocycles. The lowest BCUT2D eigenvalue weighted by molar-refractivity contribution is 0.0743. The van der Waals surface area contributed by atoms with Crippen LogP contribution in [0.5, 0.6) is 0 Å². The molecule has 1 saturated carbocycles. The van der Waals surface area contributed by atoms with Gasteiger partial charge in [0.05, 0.1) is 12.2 Å². The van der Waals surface area contributed by atoms with Crippen LogP contribution in [0.15, 0.2) is 12.4 Å². The third-order valence-corrected chi connectivity index (χ3v) is 3.85. The minimum absolute atomic E-state index is 0.232. The van der Waals surface area contributed by atoms with Crippen LogP contribution < -0.4 is 5.73 Å². The fraction of sp³-hybridized carbons (Fsp3) is 0.769. The first-order chi connectivity index (χ1) is 8.76. The van der Waals surface area contributed by atoms with E-state index < -0.39 is 0 Å². The summed E-state index contributed by atoms with van der Waals surface area (Å²) in [5, 5.41) is 13.3. The summed E-state index contributed by atoms with van der Waals surface area (Å²) in [6.07, 6.45) is 8.58. The van der Waals surface area contributed by atoms with Crippen LogP contribution in [-0.2, 0) is 7.05 Å². The Morgan fingerprint density at radius 1 is 1.61 bits per heavy atom. The molecular formula is C13H24N4O. The number of nitrogens with zero attached hydrogens (tertiary/aromatic N) is 3. The lowest BCUT2D eigenvalue weighted by atomic mass is 9.89. The summed E-state index contributed by atoms with van der Waals surface area (Å²) in [6.45, 7) is 1.76. The molecule has 0 amide bonds. The van der Waals surface area contributed by atoms with Crippen LogP contribution in [0.4, 0.5) is 0 Å². The molecule has 1 aliphatic rings. The summed E-state index contributed by atoms with van der Waals surface area (Å²) in [5.74, 6) is 0. The van der Waals surface area contributed by atoms with Crippen molar-refractivity contribution in [3.8, 4) is 0 Å². The maximum absolute atomic E-state index is 9.04. The van der Waals surface area contributed by atoms with Gasteiger partial charge in [0.15, 0.2) is 0 Å². The van der Waals surface area contributed by atoms with Crippen molar-refractivity contribution in [2.75, 3.05) is 19.7 Å². The highest BCUT2D eigenvalue weighted by atomic mass is 16.3. The normalized spacial score (nSPS) is 18.0. The number of nitrogens with two attached hydrogens (primary N) is 1. The van der Waals surface area contributed by atoms with Gasteiger partial charge in [0, 0.05) is 44.5 Å². The van der Waals surface area contributed by atoms with Crippen molar-refractivity contribution < 1.29 is 5.11 Å². The van der Waals surface area contributed by atoms with Crippen LogP contribution in [0.25, 0.3) is 0 Å². The lowest BCUT2D eigenvalue weighted by Gasteiger charge is -2.42. The van der Waals surface area contributed by atoms with Crippen molar-refractivity contribution in [3.05, 3.63) is 18.0 Å². The molecule has 18 heavy (non-hydrogen) atoms. The molecular weight excluding hydrogens is 228 g/mol. The van der Waals surface area contributed by atoms with Gasteiger partial charge in [-0.25, -0.2) is 0 Å². The fourth-order valence-corrected chi connectivity index (χ4v) is 2.64. The Morgan fingerprint density at radius 3 is 2.83 bits per heavy atom. The molecule has 0 bridgehead atoms. The Bertz CT molecular complexity index is 362. The minimum atomic E-state index is 0.232. The van der Waals surface area contributed by atoms with Gasteiger partial charge in [-0.15, -0.1) is 0 Å². The van der Waals surface area contributed by atoms with Gasteiger partial charge in [-0.2, -0.15) is 5.10 Å². The van der Waals surface area contributed by atoms with Gasteiger partial charge in [-0.3, -0.25) is 9.58 Å². The highest BCUT2D eigenvalue weighted by Gasteiger charge is 2.30. The zero-order chi connectivity index (χ0) is 13.0. The number of aromatic nitrogens is 2. The maximum Gasteiger partial charge on any atom is 0.0538 e. The number of rotatable bonds is 7. The Labute approximate surface area is 109 Å². The van der Waals surface area contributed by atoms with Gasteiger partial charge in [0.1, 0.15) is 0 Å². The molecule has 0 aliphatic heterocycles. The summed E-state index contributed by atoms with van der Waals surface area (Å²) in [5.41, 5.74) is 7.15. The van der Waals surface area contributed by atoms with E-state index in [0.717, 1.165) is 13.0 Å². The van der Waals surface area contributed by atoms with Crippen LogP contribution in [-0.4, -0.2) is 45.5 Å². The molecule has 1 aliphatic carbocycles. The van der Waals surface area contributed by atoms with Crippen LogP contribution in [0.1, 0.15) is 37.3 Å². The molecule has 3 N–H and O–H groups in total. The molecule has 0 radical (unpaired) electrons. The molecule has 1 atom stereocenters. The van der Waals surface area contributed by atoms with Gasteiger partial charge in [-0.05, 0) is 19.3 Å². The standard InChI is InChI=1S/C13H24N4O/c1-16-10-11(9-15-16)13(8-14)17(6-3-7-18)12-4-2-5-12/h9-10,12-13,18H,2-8,14H2,1H3. The van der Waals surface area contributed by atoms with E-state index in [-0.39, 0.29) is 12.6 Å². The smallest absolute Gasteiger partial charge is 0.0538 e. The lowest BCUT2D eigenvalue weighted by Crippen LogP contribution is -2.45. The highest BCUT2D eigenvalue weighted by Crippen LogP contribution is 2.31. The third-order valence-electron chi connectivity index (χ3n) is 3.85. The second-order valence-corrected chi connectivity index (χ2v) is 5.10. The topological polar surface area (TPSA) is 67.3 Å². The number of aliphatic hydroxyl groups excluding tert-OH is 1. The van der Waals surface area contributed by atoms with E-state index in [1.165, 1.54) is 24.8 Å². The average Bonchev–Trinajstić information content (AvgIpc) is 2.71. The molecule has 1 fully saturated rings.